The molecular weight excluding hydrogens is 395 g/mol. The van der Waals surface area contributed by atoms with Gasteiger partial charge in [-0.05, 0) is 70.7 Å². The number of sulfone groups is 1. The molecule has 1 heterocycles. The van der Waals surface area contributed by atoms with E-state index < -0.39 is 37.3 Å². The summed E-state index contributed by atoms with van der Waals surface area (Å²) in [4.78, 5) is 12.3. The smallest absolute Gasteiger partial charge is 0.416 e. The van der Waals surface area contributed by atoms with Crippen LogP contribution >= 0.6 is 0 Å². The quantitative estimate of drug-likeness (QED) is 0.694. The molecule has 0 fully saturated rings. The van der Waals surface area contributed by atoms with Crippen molar-refractivity contribution in [2.45, 2.75) is 69.7 Å². The van der Waals surface area contributed by atoms with Gasteiger partial charge < -0.3 is 4.74 Å². The molecule has 0 aromatic heterocycles. The Hall–Kier alpha value is -1.77. The van der Waals surface area contributed by atoms with Gasteiger partial charge in [-0.1, -0.05) is 6.92 Å². The standard InChI is InChI=1S/C19H26F3NO4S/c1-6-18(28(25,26)17(3,4)5)11-10-13-12-14(19(20,21)22)8-9-15(13)23(18)16(24)27-7-2/h8-9,12H,6-7,10-11H2,1-5H3. The van der Waals surface area contributed by atoms with Crippen LogP contribution in [0.4, 0.5) is 23.7 Å². The van der Waals surface area contributed by atoms with Crippen molar-refractivity contribution in [3.63, 3.8) is 0 Å². The zero-order chi connectivity index (χ0) is 21.5. The average Bonchev–Trinajstić information content (AvgIpc) is 2.58. The summed E-state index contributed by atoms with van der Waals surface area (Å²) in [5.74, 6) is 0. The third-order valence-corrected chi connectivity index (χ3v) is 8.44. The Kier molecular flexibility index (Phi) is 5.82. The van der Waals surface area contributed by atoms with Crippen molar-refractivity contribution in [1.29, 1.82) is 0 Å². The maximum absolute atomic E-state index is 13.5. The van der Waals surface area contributed by atoms with E-state index in [-0.39, 0.29) is 37.1 Å². The van der Waals surface area contributed by atoms with E-state index in [1.807, 2.05) is 0 Å². The zero-order valence-corrected chi connectivity index (χ0v) is 17.5. The maximum Gasteiger partial charge on any atom is 0.416 e. The number of alkyl halides is 3. The van der Waals surface area contributed by atoms with Crippen LogP contribution < -0.4 is 4.90 Å². The number of halogens is 3. The molecule has 5 nitrogen and oxygen atoms in total. The van der Waals surface area contributed by atoms with E-state index in [0.717, 1.165) is 23.1 Å². The normalized spacial score (nSPS) is 20.6. The maximum atomic E-state index is 13.5. The zero-order valence-electron chi connectivity index (χ0n) is 16.7. The highest BCUT2D eigenvalue weighted by atomic mass is 32.2. The molecule has 0 aliphatic carbocycles. The molecule has 1 atom stereocenters. The van der Waals surface area contributed by atoms with Crippen LogP contribution in [0, 0.1) is 0 Å². The number of carbonyl (C=O) groups is 1. The fourth-order valence-corrected chi connectivity index (χ4v) is 5.95. The van der Waals surface area contributed by atoms with Crippen LogP contribution in [0.25, 0.3) is 0 Å². The second-order valence-corrected chi connectivity index (χ2v) is 10.8. The van der Waals surface area contributed by atoms with Gasteiger partial charge in [0.15, 0.2) is 14.7 Å². The summed E-state index contributed by atoms with van der Waals surface area (Å²) in [6, 6.07) is 3.00. The molecule has 1 aliphatic rings. The van der Waals surface area contributed by atoms with Gasteiger partial charge in [0.05, 0.1) is 22.6 Å². The van der Waals surface area contributed by atoms with E-state index in [2.05, 4.69) is 0 Å². The van der Waals surface area contributed by atoms with Crippen LogP contribution in [0.2, 0.25) is 0 Å². The van der Waals surface area contributed by atoms with Crippen molar-refractivity contribution in [2.24, 2.45) is 0 Å². The first-order valence-electron chi connectivity index (χ1n) is 9.14. The molecule has 1 aromatic carbocycles. The molecule has 1 aliphatic heterocycles. The highest BCUT2D eigenvalue weighted by molar-refractivity contribution is 7.94. The van der Waals surface area contributed by atoms with Crippen molar-refractivity contribution in [3.8, 4) is 0 Å². The first-order valence-corrected chi connectivity index (χ1v) is 10.6. The number of aryl methyl sites for hydroxylation is 1. The minimum absolute atomic E-state index is 0.00374. The topological polar surface area (TPSA) is 63.7 Å². The van der Waals surface area contributed by atoms with Gasteiger partial charge in [-0.2, -0.15) is 13.2 Å². The molecule has 0 spiro atoms. The van der Waals surface area contributed by atoms with E-state index in [4.69, 9.17) is 4.74 Å². The molecule has 1 unspecified atom stereocenters. The third kappa shape index (κ3) is 3.49. The Bertz CT molecular complexity index is 859. The van der Waals surface area contributed by atoms with Gasteiger partial charge in [-0.15, -0.1) is 0 Å². The minimum Gasteiger partial charge on any atom is -0.449 e. The summed E-state index contributed by atoms with van der Waals surface area (Å²) in [5.41, 5.74) is -0.416. The Labute approximate surface area is 163 Å². The van der Waals surface area contributed by atoms with Crippen LogP contribution in [0.15, 0.2) is 18.2 Å². The number of benzene rings is 1. The molecule has 2 rings (SSSR count). The summed E-state index contributed by atoms with van der Waals surface area (Å²) < 4.78 is 70.2. The molecule has 0 saturated carbocycles. The van der Waals surface area contributed by atoms with Gasteiger partial charge in [-0.25, -0.2) is 13.2 Å². The lowest BCUT2D eigenvalue weighted by Gasteiger charge is -2.48. The van der Waals surface area contributed by atoms with Crippen molar-refractivity contribution in [3.05, 3.63) is 29.3 Å². The highest BCUT2D eigenvalue weighted by Crippen LogP contribution is 2.47. The Morgan fingerprint density at radius 1 is 1.21 bits per heavy atom. The number of hydrogen-bond donors (Lipinski definition) is 0. The lowest BCUT2D eigenvalue weighted by molar-refractivity contribution is -0.137. The average molecular weight is 421 g/mol. The second-order valence-electron chi connectivity index (χ2n) is 7.79. The van der Waals surface area contributed by atoms with Gasteiger partial charge in [0.2, 0.25) is 0 Å². The molecule has 28 heavy (non-hydrogen) atoms. The summed E-state index contributed by atoms with van der Waals surface area (Å²) in [5, 5.41) is 0. The first-order chi connectivity index (χ1) is 12.7. The molecule has 0 radical (unpaired) electrons. The molecule has 0 saturated heterocycles. The number of nitrogens with zero attached hydrogens (tertiary/aromatic N) is 1. The fraction of sp³-hybridized carbons (Fsp3) is 0.632. The Morgan fingerprint density at radius 2 is 1.82 bits per heavy atom. The number of ether oxygens (including phenoxy) is 1. The van der Waals surface area contributed by atoms with Gasteiger partial charge >= 0.3 is 12.3 Å². The summed E-state index contributed by atoms with van der Waals surface area (Å²) in [6.45, 7) is 7.90. The fourth-order valence-electron chi connectivity index (χ4n) is 3.64. The largest absolute Gasteiger partial charge is 0.449 e. The molecular formula is C19H26F3NO4S. The van der Waals surface area contributed by atoms with Crippen LogP contribution in [0.3, 0.4) is 0 Å². The minimum atomic E-state index is -4.53. The lowest BCUT2D eigenvalue weighted by atomic mass is 9.92. The molecule has 0 N–H and O–H groups in total. The van der Waals surface area contributed by atoms with E-state index >= 15 is 0 Å². The van der Waals surface area contributed by atoms with Crippen molar-refractivity contribution < 1.29 is 31.1 Å². The summed E-state index contributed by atoms with van der Waals surface area (Å²) in [6.07, 6.45) is -5.21. The number of carbonyl (C=O) groups excluding carboxylic acids is 1. The highest BCUT2D eigenvalue weighted by Gasteiger charge is 2.57. The Balaban J connectivity index is 2.76. The van der Waals surface area contributed by atoms with E-state index in [9.17, 15) is 26.4 Å². The molecule has 0 bridgehead atoms. The predicted octanol–water partition coefficient (Wildman–Crippen LogP) is 4.93. The van der Waals surface area contributed by atoms with Crippen LogP contribution in [-0.4, -0.2) is 30.7 Å². The number of rotatable bonds is 3. The first kappa shape index (κ1) is 22.5. The summed E-state index contributed by atoms with van der Waals surface area (Å²) in [7, 11) is -3.90. The summed E-state index contributed by atoms with van der Waals surface area (Å²) >= 11 is 0. The SMILES string of the molecule is CCOC(=O)N1c2ccc(C(F)(F)F)cc2CCC1(CC)S(=O)(=O)C(C)(C)C. The number of fused-ring (bicyclic) bond motifs is 1. The Morgan fingerprint density at radius 3 is 2.29 bits per heavy atom. The second kappa shape index (κ2) is 7.24. The van der Waals surface area contributed by atoms with Crippen molar-refractivity contribution in [1.82, 2.24) is 0 Å². The predicted molar refractivity (Wildman–Crippen MR) is 101 cm³/mol. The van der Waals surface area contributed by atoms with E-state index in [1.54, 1.807) is 34.6 Å². The molecule has 1 aromatic rings. The lowest BCUT2D eigenvalue weighted by Crippen LogP contribution is -2.63. The monoisotopic (exact) mass is 421 g/mol. The van der Waals surface area contributed by atoms with Gasteiger partial charge in [-0.3, -0.25) is 4.90 Å². The van der Waals surface area contributed by atoms with Gasteiger partial charge in [0, 0.05) is 0 Å². The van der Waals surface area contributed by atoms with E-state index in [1.165, 1.54) is 0 Å². The number of amides is 1. The van der Waals surface area contributed by atoms with E-state index in [0.29, 0.717) is 0 Å². The van der Waals surface area contributed by atoms with Crippen LogP contribution in [0.5, 0.6) is 0 Å². The molecule has 158 valence electrons. The number of hydrogen-bond acceptors (Lipinski definition) is 4. The van der Waals surface area contributed by atoms with Crippen LogP contribution in [0.1, 0.15) is 58.6 Å². The van der Waals surface area contributed by atoms with Crippen molar-refractivity contribution >= 4 is 21.6 Å². The van der Waals surface area contributed by atoms with Gasteiger partial charge in [0.1, 0.15) is 0 Å². The molecule has 9 heteroatoms. The van der Waals surface area contributed by atoms with Crippen molar-refractivity contribution in [2.75, 3.05) is 11.5 Å². The molecule has 1 amide bonds. The number of anilines is 1. The van der Waals surface area contributed by atoms with Crippen LogP contribution in [-0.2, 0) is 27.2 Å². The third-order valence-electron chi connectivity index (χ3n) is 5.15. The van der Waals surface area contributed by atoms with Gasteiger partial charge in [0.25, 0.3) is 0 Å².